The molecule has 23 heavy (non-hydrogen) atoms. The van der Waals surface area contributed by atoms with E-state index in [4.69, 9.17) is 9.15 Å². The van der Waals surface area contributed by atoms with Crippen molar-refractivity contribution in [2.45, 2.75) is 26.8 Å². The number of anilines is 1. The van der Waals surface area contributed by atoms with E-state index in [0.29, 0.717) is 12.4 Å². The summed E-state index contributed by atoms with van der Waals surface area (Å²) in [7, 11) is 0. The Balaban J connectivity index is 1.83. The number of rotatable bonds is 7. The van der Waals surface area contributed by atoms with Gasteiger partial charge in [0, 0.05) is 5.69 Å². The van der Waals surface area contributed by atoms with Crippen LogP contribution in [0.1, 0.15) is 25.4 Å². The Bertz CT molecular complexity index is 662. The van der Waals surface area contributed by atoms with E-state index in [2.05, 4.69) is 15.8 Å². The maximum absolute atomic E-state index is 12.0. The molecular weight excluding hydrogens is 294 g/mol. The van der Waals surface area contributed by atoms with Crippen LogP contribution in [0.2, 0.25) is 0 Å². The van der Waals surface area contributed by atoms with Crippen molar-refractivity contribution in [2.75, 3.05) is 11.9 Å². The van der Waals surface area contributed by atoms with E-state index in [1.54, 1.807) is 13.0 Å². The van der Waals surface area contributed by atoms with Gasteiger partial charge < -0.3 is 14.5 Å². The molecular formula is C17H21N3O3. The maximum atomic E-state index is 12.0. The highest BCUT2D eigenvalue weighted by molar-refractivity contribution is 5.85. The molecule has 1 aromatic carbocycles. The molecule has 0 aliphatic rings. The molecule has 0 radical (unpaired) electrons. The molecule has 0 aliphatic carbocycles. The molecule has 122 valence electrons. The second-order valence-electron chi connectivity index (χ2n) is 5.01. The minimum absolute atomic E-state index is 0.238. The van der Waals surface area contributed by atoms with Crippen LogP contribution in [0, 0.1) is 6.92 Å². The van der Waals surface area contributed by atoms with Crippen molar-refractivity contribution in [3.8, 4) is 5.75 Å². The van der Waals surface area contributed by atoms with E-state index in [1.807, 2.05) is 44.2 Å². The predicted octanol–water partition coefficient (Wildman–Crippen LogP) is 2.94. The molecule has 6 heteroatoms. The van der Waals surface area contributed by atoms with Crippen molar-refractivity contribution in [3.05, 3.63) is 47.9 Å². The first kappa shape index (κ1) is 16.6. The lowest BCUT2D eigenvalue weighted by atomic mass is 10.2. The van der Waals surface area contributed by atoms with Crippen LogP contribution in [0.25, 0.3) is 0 Å². The fourth-order valence-electron chi connectivity index (χ4n) is 1.91. The van der Waals surface area contributed by atoms with Crippen LogP contribution in [-0.2, 0) is 4.79 Å². The Morgan fingerprint density at radius 1 is 1.30 bits per heavy atom. The first-order valence-corrected chi connectivity index (χ1v) is 7.47. The van der Waals surface area contributed by atoms with Crippen molar-refractivity contribution in [3.63, 3.8) is 0 Å². The first-order chi connectivity index (χ1) is 11.1. The summed E-state index contributed by atoms with van der Waals surface area (Å²) in [4.78, 5) is 12.0. The fourth-order valence-corrected chi connectivity index (χ4v) is 1.91. The molecule has 1 amide bonds. The number of hydrazone groups is 1. The van der Waals surface area contributed by atoms with Gasteiger partial charge in [0.1, 0.15) is 23.3 Å². The third-order valence-corrected chi connectivity index (χ3v) is 3.07. The minimum Gasteiger partial charge on any atom is -0.494 e. The zero-order valence-corrected chi connectivity index (χ0v) is 13.5. The summed E-state index contributed by atoms with van der Waals surface area (Å²) in [6, 6.07) is 10.6. The molecule has 0 saturated heterocycles. The fraction of sp³-hybridized carbons (Fsp3) is 0.294. The summed E-state index contributed by atoms with van der Waals surface area (Å²) >= 11 is 0. The third kappa shape index (κ3) is 5.18. The Morgan fingerprint density at radius 3 is 2.65 bits per heavy atom. The minimum atomic E-state index is -0.427. The lowest BCUT2D eigenvalue weighted by Gasteiger charge is -2.13. The zero-order chi connectivity index (χ0) is 16.7. The van der Waals surface area contributed by atoms with Crippen molar-refractivity contribution in [2.24, 2.45) is 5.10 Å². The van der Waals surface area contributed by atoms with Gasteiger partial charge in [0.05, 0.1) is 12.8 Å². The number of carbonyl (C=O) groups excluding carboxylic acids is 1. The van der Waals surface area contributed by atoms with E-state index in [-0.39, 0.29) is 5.91 Å². The number of carbonyl (C=O) groups is 1. The van der Waals surface area contributed by atoms with Crippen molar-refractivity contribution >= 4 is 17.8 Å². The van der Waals surface area contributed by atoms with Crippen LogP contribution in [0.4, 0.5) is 5.69 Å². The molecule has 6 nitrogen and oxygen atoms in total. The molecule has 2 rings (SSSR count). The van der Waals surface area contributed by atoms with Crippen LogP contribution in [0.15, 0.2) is 45.9 Å². The van der Waals surface area contributed by atoms with Gasteiger partial charge in [-0.1, -0.05) is 0 Å². The van der Waals surface area contributed by atoms with E-state index in [1.165, 1.54) is 6.21 Å². The highest BCUT2D eigenvalue weighted by atomic mass is 16.5. The third-order valence-electron chi connectivity index (χ3n) is 3.07. The number of nitrogens with one attached hydrogen (secondary N) is 2. The van der Waals surface area contributed by atoms with Gasteiger partial charge in [0.25, 0.3) is 5.91 Å². The Kier molecular flexibility index (Phi) is 5.80. The van der Waals surface area contributed by atoms with E-state index < -0.39 is 6.04 Å². The van der Waals surface area contributed by atoms with E-state index >= 15 is 0 Å². The molecule has 0 saturated carbocycles. The molecule has 0 spiro atoms. The number of amides is 1. The SMILES string of the molecule is CCOc1ccc(NC(C)C(=O)NN=Cc2ccc(C)o2)cc1. The molecule has 2 aromatic rings. The van der Waals surface area contributed by atoms with Gasteiger partial charge in [-0.3, -0.25) is 4.79 Å². The molecule has 0 fully saturated rings. The Morgan fingerprint density at radius 2 is 2.04 bits per heavy atom. The second-order valence-corrected chi connectivity index (χ2v) is 5.01. The summed E-state index contributed by atoms with van der Waals surface area (Å²) in [5.41, 5.74) is 3.31. The number of furan rings is 1. The van der Waals surface area contributed by atoms with Crippen molar-refractivity contribution < 1.29 is 13.9 Å². The molecule has 1 aromatic heterocycles. The molecule has 1 unspecified atom stereocenters. The normalized spacial score (nSPS) is 12.1. The predicted molar refractivity (Wildman–Crippen MR) is 89.9 cm³/mol. The Labute approximate surface area is 135 Å². The largest absolute Gasteiger partial charge is 0.494 e. The summed E-state index contributed by atoms with van der Waals surface area (Å²) in [5, 5.41) is 6.98. The first-order valence-electron chi connectivity index (χ1n) is 7.47. The van der Waals surface area contributed by atoms with Gasteiger partial charge in [0.2, 0.25) is 0 Å². The smallest absolute Gasteiger partial charge is 0.262 e. The number of aryl methyl sites for hydroxylation is 1. The number of ether oxygens (including phenoxy) is 1. The van der Waals surface area contributed by atoms with E-state index in [0.717, 1.165) is 17.2 Å². The zero-order valence-electron chi connectivity index (χ0n) is 13.5. The molecule has 0 aliphatic heterocycles. The average molecular weight is 315 g/mol. The topological polar surface area (TPSA) is 75.9 Å². The lowest BCUT2D eigenvalue weighted by Crippen LogP contribution is -2.34. The monoisotopic (exact) mass is 315 g/mol. The van der Waals surface area contributed by atoms with Crippen LogP contribution in [-0.4, -0.2) is 24.8 Å². The standard InChI is InChI=1S/C17H21N3O3/c1-4-22-15-9-6-14(7-10-15)19-13(3)17(21)20-18-11-16-8-5-12(2)23-16/h5-11,13,19H,4H2,1-3H3,(H,20,21). The highest BCUT2D eigenvalue weighted by Gasteiger charge is 2.11. The van der Waals surface area contributed by atoms with Gasteiger partial charge in [-0.15, -0.1) is 0 Å². The summed E-state index contributed by atoms with van der Waals surface area (Å²) in [5.74, 6) is 1.95. The highest BCUT2D eigenvalue weighted by Crippen LogP contribution is 2.16. The maximum Gasteiger partial charge on any atom is 0.262 e. The second kappa shape index (κ2) is 8.03. The van der Waals surface area contributed by atoms with Crippen molar-refractivity contribution in [1.29, 1.82) is 0 Å². The molecule has 1 heterocycles. The average Bonchev–Trinajstić information content (AvgIpc) is 2.95. The van der Waals surface area contributed by atoms with E-state index in [9.17, 15) is 4.79 Å². The van der Waals surface area contributed by atoms with Crippen LogP contribution < -0.4 is 15.5 Å². The van der Waals surface area contributed by atoms with Gasteiger partial charge in [-0.25, -0.2) is 5.43 Å². The van der Waals surface area contributed by atoms with Crippen LogP contribution in [0.3, 0.4) is 0 Å². The van der Waals surface area contributed by atoms with Crippen LogP contribution in [0.5, 0.6) is 5.75 Å². The number of benzene rings is 1. The number of hydrogen-bond donors (Lipinski definition) is 2. The van der Waals surface area contributed by atoms with Gasteiger partial charge >= 0.3 is 0 Å². The number of hydrogen-bond acceptors (Lipinski definition) is 5. The molecule has 0 bridgehead atoms. The van der Waals surface area contributed by atoms with Crippen LogP contribution >= 0.6 is 0 Å². The van der Waals surface area contributed by atoms with Gasteiger partial charge in [-0.05, 0) is 57.2 Å². The Hall–Kier alpha value is -2.76. The molecule has 2 N–H and O–H groups in total. The lowest BCUT2D eigenvalue weighted by molar-refractivity contribution is -0.121. The van der Waals surface area contributed by atoms with Gasteiger partial charge in [-0.2, -0.15) is 5.10 Å². The quantitative estimate of drug-likeness (QED) is 0.608. The summed E-state index contributed by atoms with van der Waals surface area (Å²) in [6.45, 7) is 6.17. The van der Waals surface area contributed by atoms with Crippen molar-refractivity contribution in [1.82, 2.24) is 5.43 Å². The summed E-state index contributed by atoms with van der Waals surface area (Å²) in [6.07, 6.45) is 1.47. The molecule has 1 atom stereocenters. The summed E-state index contributed by atoms with van der Waals surface area (Å²) < 4.78 is 10.7. The number of nitrogens with zero attached hydrogens (tertiary/aromatic N) is 1. The van der Waals surface area contributed by atoms with Gasteiger partial charge in [0.15, 0.2) is 0 Å².